The van der Waals surface area contributed by atoms with E-state index in [2.05, 4.69) is 10.1 Å². The van der Waals surface area contributed by atoms with Crippen molar-refractivity contribution in [3.05, 3.63) is 47.6 Å². The van der Waals surface area contributed by atoms with Crippen molar-refractivity contribution in [3.63, 3.8) is 0 Å². The van der Waals surface area contributed by atoms with E-state index in [0.29, 0.717) is 5.82 Å². The van der Waals surface area contributed by atoms with Crippen LogP contribution in [0.5, 0.6) is 0 Å². The number of hydrogen-bond acceptors (Lipinski definition) is 4. The van der Waals surface area contributed by atoms with Crippen LogP contribution in [0.3, 0.4) is 0 Å². The Morgan fingerprint density at radius 1 is 1.17 bits per heavy atom. The zero-order chi connectivity index (χ0) is 16.5. The molecule has 2 aromatic rings. The summed E-state index contributed by atoms with van der Waals surface area (Å²) in [5, 5.41) is 3.82. The minimum absolute atomic E-state index is 0.0251. The van der Waals surface area contributed by atoms with Crippen LogP contribution in [0.2, 0.25) is 0 Å². The fourth-order valence-electron chi connectivity index (χ4n) is 3.05. The molecule has 1 unspecified atom stereocenters. The molecule has 0 saturated heterocycles. The first-order valence-corrected chi connectivity index (χ1v) is 7.62. The van der Waals surface area contributed by atoms with Gasteiger partial charge in [0.1, 0.15) is 0 Å². The SMILES string of the molecule is NC1(c2noc(CC(c3ccccc3)C(F)(F)F)n2)CCCC1. The van der Waals surface area contributed by atoms with Crippen molar-refractivity contribution in [1.29, 1.82) is 0 Å². The quantitative estimate of drug-likeness (QED) is 0.931. The fourth-order valence-corrected chi connectivity index (χ4v) is 3.05. The molecule has 2 N–H and O–H groups in total. The van der Waals surface area contributed by atoms with Gasteiger partial charge >= 0.3 is 6.18 Å². The predicted molar refractivity (Wildman–Crippen MR) is 77.6 cm³/mol. The number of hydrogen-bond donors (Lipinski definition) is 1. The molecule has 7 heteroatoms. The van der Waals surface area contributed by atoms with Crippen molar-refractivity contribution >= 4 is 0 Å². The molecule has 1 aromatic carbocycles. The van der Waals surface area contributed by atoms with Gasteiger partial charge in [0.2, 0.25) is 5.89 Å². The van der Waals surface area contributed by atoms with E-state index < -0.39 is 17.6 Å². The van der Waals surface area contributed by atoms with Crippen LogP contribution in [0.25, 0.3) is 0 Å². The number of alkyl halides is 3. The van der Waals surface area contributed by atoms with E-state index in [0.717, 1.165) is 25.7 Å². The average Bonchev–Trinajstić information content (AvgIpc) is 3.14. The minimum Gasteiger partial charge on any atom is -0.339 e. The van der Waals surface area contributed by atoms with Gasteiger partial charge in [0.05, 0.1) is 11.5 Å². The van der Waals surface area contributed by atoms with Crippen LogP contribution >= 0.6 is 0 Å². The maximum absolute atomic E-state index is 13.4. The normalized spacial score (nSPS) is 19.0. The molecule has 1 saturated carbocycles. The Morgan fingerprint density at radius 2 is 1.83 bits per heavy atom. The summed E-state index contributed by atoms with van der Waals surface area (Å²) in [6.07, 6.45) is -1.37. The average molecular weight is 325 g/mol. The van der Waals surface area contributed by atoms with Crippen molar-refractivity contribution in [1.82, 2.24) is 10.1 Å². The molecular weight excluding hydrogens is 307 g/mol. The lowest BCUT2D eigenvalue weighted by Crippen LogP contribution is -2.34. The Morgan fingerprint density at radius 3 is 2.43 bits per heavy atom. The second-order valence-electron chi connectivity index (χ2n) is 6.08. The van der Waals surface area contributed by atoms with Crippen molar-refractivity contribution in [2.45, 2.75) is 49.7 Å². The van der Waals surface area contributed by atoms with E-state index in [9.17, 15) is 13.2 Å². The van der Waals surface area contributed by atoms with Gasteiger partial charge in [-0.2, -0.15) is 18.2 Å². The van der Waals surface area contributed by atoms with Crippen LogP contribution in [0, 0.1) is 0 Å². The predicted octanol–water partition coefficient (Wildman–Crippen LogP) is 3.69. The van der Waals surface area contributed by atoms with Crippen molar-refractivity contribution in [2.24, 2.45) is 5.73 Å². The molecular formula is C16H18F3N3O. The fraction of sp³-hybridized carbons (Fsp3) is 0.500. The Hall–Kier alpha value is -1.89. The summed E-state index contributed by atoms with van der Waals surface area (Å²) >= 11 is 0. The lowest BCUT2D eigenvalue weighted by Gasteiger charge is -2.19. The second kappa shape index (κ2) is 5.96. The highest BCUT2D eigenvalue weighted by Crippen LogP contribution is 2.38. The smallest absolute Gasteiger partial charge is 0.339 e. The maximum Gasteiger partial charge on any atom is 0.396 e. The van der Waals surface area contributed by atoms with Crippen LogP contribution in [0.1, 0.15) is 48.9 Å². The molecule has 0 bridgehead atoms. The van der Waals surface area contributed by atoms with E-state index in [1.165, 1.54) is 12.1 Å². The molecule has 0 spiro atoms. The summed E-state index contributed by atoms with van der Waals surface area (Å²) in [5.74, 6) is -1.38. The van der Waals surface area contributed by atoms with Gasteiger partial charge in [-0.1, -0.05) is 48.3 Å². The zero-order valence-corrected chi connectivity index (χ0v) is 12.5. The molecule has 1 atom stereocenters. The van der Waals surface area contributed by atoms with Gasteiger partial charge in [0.25, 0.3) is 0 Å². The molecule has 0 amide bonds. The van der Waals surface area contributed by atoms with Crippen LogP contribution in [0.4, 0.5) is 13.2 Å². The first kappa shape index (κ1) is 16.0. The Kier molecular flexibility index (Phi) is 4.14. The molecule has 0 aliphatic heterocycles. The van der Waals surface area contributed by atoms with E-state index in [-0.39, 0.29) is 17.9 Å². The Balaban J connectivity index is 1.83. The van der Waals surface area contributed by atoms with E-state index in [1.807, 2.05) is 0 Å². The van der Waals surface area contributed by atoms with Crippen LogP contribution < -0.4 is 5.73 Å². The summed E-state index contributed by atoms with van der Waals surface area (Å²) in [5.41, 5.74) is 5.73. The summed E-state index contributed by atoms with van der Waals surface area (Å²) in [6, 6.07) is 7.76. The van der Waals surface area contributed by atoms with Crippen LogP contribution in [-0.2, 0) is 12.0 Å². The molecule has 1 heterocycles. The van der Waals surface area contributed by atoms with E-state index in [1.54, 1.807) is 18.2 Å². The highest BCUT2D eigenvalue weighted by Gasteiger charge is 2.42. The number of rotatable bonds is 4. The van der Waals surface area contributed by atoms with Crippen molar-refractivity contribution in [2.75, 3.05) is 0 Å². The maximum atomic E-state index is 13.4. The Bertz CT molecular complexity index is 648. The van der Waals surface area contributed by atoms with Gasteiger partial charge in [0, 0.05) is 6.42 Å². The molecule has 3 rings (SSSR count). The molecule has 1 aliphatic carbocycles. The number of nitrogens with zero attached hydrogens (tertiary/aromatic N) is 2. The van der Waals surface area contributed by atoms with Gasteiger partial charge < -0.3 is 10.3 Å². The first-order chi connectivity index (χ1) is 10.9. The highest BCUT2D eigenvalue weighted by molar-refractivity contribution is 5.22. The van der Waals surface area contributed by atoms with Crippen LogP contribution in [0.15, 0.2) is 34.9 Å². The third kappa shape index (κ3) is 3.39. The number of halogens is 3. The molecule has 4 nitrogen and oxygen atoms in total. The number of aromatic nitrogens is 2. The summed E-state index contributed by atoms with van der Waals surface area (Å²) in [7, 11) is 0. The third-order valence-electron chi connectivity index (χ3n) is 4.39. The van der Waals surface area contributed by atoms with Crippen LogP contribution in [-0.4, -0.2) is 16.3 Å². The van der Waals surface area contributed by atoms with Gasteiger partial charge in [0.15, 0.2) is 5.82 Å². The molecule has 23 heavy (non-hydrogen) atoms. The highest BCUT2D eigenvalue weighted by atomic mass is 19.4. The topological polar surface area (TPSA) is 64.9 Å². The van der Waals surface area contributed by atoms with E-state index in [4.69, 9.17) is 10.3 Å². The standard InChI is InChI=1S/C16H18F3N3O/c17-16(18,19)12(11-6-2-1-3-7-11)10-13-21-14(22-23-13)15(20)8-4-5-9-15/h1-3,6-7,12H,4-5,8-10,20H2. The minimum atomic E-state index is -4.39. The first-order valence-electron chi connectivity index (χ1n) is 7.62. The molecule has 1 fully saturated rings. The lowest BCUT2D eigenvalue weighted by molar-refractivity contribution is -0.151. The van der Waals surface area contributed by atoms with Gasteiger partial charge in [-0.25, -0.2) is 0 Å². The number of benzene rings is 1. The third-order valence-corrected chi connectivity index (χ3v) is 4.39. The molecule has 1 aliphatic rings. The number of nitrogens with two attached hydrogens (primary N) is 1. The van der Waals surface area contributed by atoms with Gasteiger partial charge in [-0.05, 0) is 18.4 Å². The van der Waals surface area contributed by atoms with Gasteiger partial charge in [-0.15, -0.1) is 0 Å². The van der Waals surface area contributed by atoms with E-state index >= 15 is 0 Å². The summed E-state index contributed by atoms with van der Waals surface area (Å²) in [4.78, 5) is 4.14. The van der Waals surface area contributed by atoms with Gasteiger partial charge in [-0.3, -0.25) is 0 Å². The second-order valence-corrected chi connectivity index (χ2v) is 6.08. The zero-order valence-electron chi connectivity index (χ0n) is 12.5. The summed E-state index contributed by atoms with van der Waals surface area (Å²) < 4.78 is 45.1. The van der Waals surface area contributed by atoms with Crippen molar-refractivity contribution in [3.8, 4) is 0 Å². The molecule has 0 radical (unpaired) electrons. The largest absolute Gasteiger partial charge is 0.396 e. The summed E-state index contributed by atoms with van der Waals surface area (Å²) in [6.45, 7) is 0. The Labute approximate surface area is 131 Å². The monoisotopic (exact) mass is 325 g/mol. The molecule has 124 valence electrons. The molecule has 1 aromatic heterocycles. The lowest BCUT2D eigenvalue weighted by atomic mass is 9.95. The van der Waals surface area contributed by atoms with Crippen molar-refractivity contribution < 1.29 is 17.7 Å².